The van der Waals surface area contributed by atoms with Crippen molar-refractivity contribution in [3.8, 4) is 22.3 Å². The minimum Gasteiger partial charge on any atom is -0.455 e. The highest BCUT2D eigenvalue weighted by Gasteiger charge is 2.35. The van der Waals surface area contributed by atoms with E-state index < -0.39 is 0 Å². The van der Waals surface area contributed by atoms with Gasteiger partial charge in [0.1, 0.15) is 11.2 Å². The summed E-state index contributed by atoms with van der Waals surface area (Å²) in [6.07, 6.45) is 0. The van der Waals surface area contributed by atoms with Crippen LogP contribution in [0.25, 0.3) is 65.7 Å². The Morgan fingerprint density at radius 1 is 0.429 bits per heavy atom. The topological polar surface area (TPSA) is 16.4 Å². The van der Waals surface area contributed by atoms with Gasteiger partial charge in [0.25, 0.3) is 0 Å². The average Bonchev–Trinajstić information content (AvgIpc) is 3.62. The number of anilines is 3. The molecule has 10 rings (SSSR count). The molecule has 1 aliphatic rings. The highest BCUT2D eigenvalue weighted by molar-refractivity contribution is 6.21. The first kappa shape index (κ1) is 27.9. The molecule has 0 saturated carbocycles. The normalized spacial score (nSPS) is 13.3. The molecular weight excluding hydrogens is 595 g/mol. The molecule has 1 aromatic heterocycles. The zero-order valence-corrected chi connectivity index (χ0v) is 27.4. The molecule has 0 unspecified atom stereocenters. The lowest BCUT2D eigenvalue weighted by Crippen LogP contribution is -2.16. The van der Waals surface area contributed by atoms with Crippen LogP contribution in [0.15, 0.2) is 168 Å². The Kier molecular flexibility index (Phi) is 5.95. The van der Waals surface area contributed by atoms with Gasteiger partial charge in [-0.15, -0.1) is 0 Å². The molecule has 0 aliphatic heterocycles. The number of nitrogens with zero attached hydrogens (tertiary/aromatic N) is 1. The number of benzene rings is 8. The SMILES string of the molecule is CC1(C)c2ccccc2-c2ccc(N(c3ccccc3)c3ccc4oc5c(-c6cccc7ccccc67)c6ccccc6cc5c4c3)cc21. The van der Waals surface area contributed by atoms with E-state index in [1.807, 2.05) is 0 Å². The molecule has 0 bridgehead atoms. The Bertz CT molecular complexity index is 2750. The summed E-state index contributed by atoms with van der Waals surface area (Å²) in [6, 6.07) is 59.3. The Hall–Kier alpha value is -6.12. The second kappa shape index (κ2) is 10.4. The van der Waals surface area contributed by atoms with Crippen molar-refractivity contribution in [2.45, 2.75) is 19.3 Å². The standard InChI is InChI=1S/C47H33NO/c1-47(2)42-22-11-10-20-37(42)38-25-23-34(29-43(38)47)48(32-16-4-3-5-17-32)33-24-26-44-40(28-33)41-27-31-14-7-9-19-36(31)45(46(41)49-44)39-21-12-15-30-13-6-8-18-35(30)39/h3-29H,1-2H3. The third-order valence-electron chi connectivity index (χ3n) is 10.6. The summed E-state index contributed by atoms with van der Waals surface area (Å²) >= 11 is 0. The van der Waals surface area contributed by atoms with Crippen LogP contribution in [0.3, 0.4) is 0 Å². The summed E-state index contributed by atoms with van der Waals surface area (Å²) in [6.45, 7) is 4.69. The van der Waals surface area contributed by atoms with Crippen LogP contribution in [-0.4, -0.2) is 0 Å². The van der Waals surface area contributed by atoms with Gasteiger partial charge in [0.05, 0.1) is 0 Å². The van der Waals surface area contributed by atoms with Gasteiger partial charge in [0, 0.05) is 38.8 Å². The first-order valence-corrected chi connectivity index (χ1v) is 17.0. The fourth-order valence-electron chi connectivity index (χ4n) is 8.27. The Morgan fingerprint density at radius 2 is 1.08 bits per heavy atom. The van der Waals surface area contributed by atoms with E-state index in [1.165, 1.54) is 49.4 Å². The molecule has 8 aromatic carbocycles. The summed E-state index contributed by atoms with van der Waals surface area (Å²) in [5.74, 6) is 0. The minimum atomic E-state index is -0.0892. The number of hydrogen-bond donors (Lipinski definition) is 0. The molecular formula is C47H33NO. The van der Waals surface area contributed by atoms with Crippen LogP contribution in [-0.2, 0) is 5.41 Å². The fourth-order valence-corrected chi connectivity index (χ4v) is 8.27. The summed E-state index contributed by atoms with van der Waals surface area (Å²) in [4.78, 5) is 2.38. The summed E-state index contributed by atoms with van der Waals surface area (Å²) in [5.41, 5.74) is 12.8. The van der Waals surface area contributed by atoms with E-state index in [0.29, 0.717) is 0 Å². The molecule has 232 valence electrons. The maximum atomic E-state index is 6.85. The van der Waals surface area contributed by atoms with Gasteiger partial charge in [-0.1, -0.05) is 129 Å². The van der Waals surface area contributed by atoms with E-state index >= 15 is 0 Å². The summed E-state index contributed by atoms with van der Waals surface area (Å²) in [5, 5.41) is 7.07. The van der Waals surface area contributed by atoms with Crippen molar-refractivity contribution in [2.75, 3.05) is 4.90 Å². The number of furan rings is 1. The lowest BCUT2D eigenvalue weighted by molar-refractivity contribution is 0.660. The lowest BCUT2D eigenvalue weighted by atomic mass is 9.82. The molecule has 49 heavy (non-hydrogen) atoms. The molecule has 0 N–H and O–H groups in total. The zero-order valence-electron chi connectivity index (χ0n) is 27.4. The van der Waals surface area contributed by atoms with Gasteiger partial charge in [-0.25, -0.2) is 0 Å². The van der Waals surface area contributed by atoms with E-state index in [4.69, 9.17) is 4.42 Å². The van der Waals surface area contributed by atoms with E-state index in [9.17, 15) is 0 Å². The van der Waals surface area contributed by atoms with Crippen molar-refractivity contribution in [3.05, 3.63) is 175 Å². The summed E-state index contributed by atoms with van der Waals surface area (Å²) < 4.78 is 6.85. The van der Waals surface area contributed by atoms with Gasteiger partial charge in [-0.05, 0) is 97.9 Å². The van der Waals surface area contributed by atoms with Crippen molar-refractivity contribution < 1.29 is 4.42 Å². The van der Waals surface area contributed by atoms with Crippen LogP contribution in [0, 0.1) is 0 Å². The maximum Gasteiger partial charge on any atom is 0.143 e. The van der Waals surface area contributed by atoms with Crippen LogP contribution in [0.1, 0.15) is 25.0 Å². The molecule has 2 nitrogen and oxygen atoms in total. The molecule has 0 saturated heterocycles. The molecule has 0 fully saturated rings. The molecule has 9 aromatic rings. The predicted octanol–water partition coefficient (Wildman–Crippen LogP) is 13.3. The number of hydrogen-bond acceptors (Lipinski definition) is 2. The smallest absolute Gasteiger partial charge is 0.143 e. The van der Waals surface area contributed by atoms with Gasteiger partial charge in [-0.2, -0.15) is 0 Å². The van der Waals surface area contributed by atoms with Gasteiger partial charge >= 0.3 is 0 Å². The third kappa shape index (κ3) is 4.14. The average molecular weight is 628 g/mol. The first-order chi connectivity index (χ1) is 24.1. The first-order valence-electron chi connectivity index (χ1n) is 17.0. The molecule has 1 heterocycles. The van der Waals surface area contributed by atoms with Crippen LogP contribution in [0.4, 0.5) is 17.1 Å². The van der Waals surface area contributed by atoms with Crippen molar-refractivity contribution in [1.82, 2.24) is 0 Å². The zero-order chi connectivity index (χ0) is 32.7. The van der Waals surface area contributed by atoms with Gasteiger partial charge < -0.3 is 9.32 Å². The number of para-hydroxylation sites is 1. The summed E-state index contributed by atoms with van der Waals surface area (Å²) in [7, 11) is 0. The molecule has 2 heteroatoms. The number of rotatable bonds is 4. The molecule has 0 radical (unpaired) electrons. The monoisotopic (exact) mass is 627 g/mol. The van der Waals surface area contributed by atoms with Crippen molar-refractivity contribution >= 4 is 60.5 Å². The molecule has 0 amide bonds. The highest BCUT2D eigenvalue weighted by atomic mass is 16.3. The molecule has 1 aliphatic carbocycles. The van der Waals surface area contributed by atoms with E-state index in [2.05, 4.69) is 183 Å². The maximum absolute atomic E-state index is 6.85. The van der Waals surface area contributed by atoms with Crippen LogP contribution in [0.2, 0.25) is 0 Å². The predicted molar refractivity (Wildman–Crippen MR) is 206 cm³/mol. The van der Waals surface area contributed by atoms with Crippen molar-refractivity contribution in [1.29, 1.82) is 0 Å². The Morgan fingerprint density at radius 3 is 1.96 bits per heavy atom. The van der Waals surface area contributed by atoms with Gasteiger partial charge in [0.2, 0.25) is 0 Å². The second-order valence-corrected chi connectivity index (χ2v) is 13.7. The lowest BCUT2D eigenvalue weighted by Gasteiger charge is -2.28. The number of fused-ring (bicyclic) bond motifs is 8. The highest BCUT2D eigenvalue weighted by Crippen LogP contribution is 2.51. The minimum absolute atomic E-state index is 0.0892. The quantitative estimate of drug-likeness (QED) is 0.193. The van der Waals surface area contributed by atoms with Gasteiger partial charge in [0.15, 0.2) is 0 Å². The van der Waals surface area contributed by atoms with Crippen LogP contribution >= 0.6 is 0 Å². The van der Waals surface area contributed by atoms with Crippen molar-refractivity contribution in [3.63, 3.8) is 0 Å². The van der Waals surface area contributed by atoms with Crippen molar-refractivity contribution in [2.24, 2.45) is 0 Å². The third-order valence-corrected chi connectivity index (χ3v) is 10.6. The van der Waals surface area contributed by atoms with E-state index in [0.717, 1.165) is 44.6 Å². The fraction of sp³-hybridized carbons (Fsp3) is 0.0638. The van der Waals surface area contributed by atoms with E-state index in [1.54, 1.807) is 0 Å². The Balaban J connectivity index is 1.21. The second-order valence-electron chi connectivity index (χ2n) is 13.7. The molecule has 0 atom stereocenters. The van der Waals surface area contributed by atoms with Gasteiger partial charge in [-0.3, -0.25) is 0 Å². The van der Waals surface area contributed by atoms with Crippen LogP contribution in [0.5, 0.6) is 0 Å². The van der Waals surface area contributed by atoms with E-state index in [-0.39, 0.29) is 5.41 Å². The van der Waals surface area contributed by atoms with Crippen LogP contribution < -0.4 is 4.90 Å². The Labute approximate surface area is 285 Å². The largest absolute Gasteiger partial charge is 0.455 e. The molecule has 0 spiro atoms.